The maximum Gasteiger partial charge on any atom is 0.163 e. The van der Waals surface area contributed by atoms with Gasteiger partial charge in [0.05, 0.1) is 31.6 Å². The van der Waals surface area contributed by atoms with E-state index in [0.717, 1.165) is 51.7 Å². The predicted octanol–water partition coefficient (Wildman–Crippen LogP) is 5.68. The minimum Gasteiger partial charge on any atom is -0.497 e. The molecule has 3 aromatic carbocycles. The number of fused-ring (bicyclic) bond motifs is 1. The minimum absolute atomic E-state index is 0.0902. The molecule has 0 radical (unpaired) electrons. The van der Waals surface area contributed by atoms with Crippen molar-refractivity contribution in [3.8, 4) is 11.5 Å². The zero-order valence-electron chi connectivity index (χ0n) is 18.2. The zero-order chi connectivity index (χ0) is 22.1. The van der Waals surface area contributed by atoms with Gasteiger partial charge in [-0.2, -0.15) is 0 Å². The third-order valence-corrected chi connectivity index (χ3v) is 6.32. The van der Waals surface area contributed by atoms with Gasteiger partial charge in [0, 0.05) is 23.3 Å². The molecular weight excluding hydrogens is 400 g/mol. The Balaban J connectivity index is 1.62. The molecule has 0 saturated heterocycles. The van der Waals surface area contributed by atoms with Crippen molar-refractivity contribution in [2.24, 2.45) is 0 Å². The average molecular weight is 427 g/mol. The number of allylic oxidation sites excluding steroid dienone is 1. The molecule has 0 fully saturated rings. The van der Waals surface area contributed by atoms with Gasteiger partial charge in [0.2, 0.25) is 0 Å². The van der Waals surface area contributed by atoms with Crippen molar-refractivity contribution in [2.45, 2.75) is 24.8 Å². The third-order valence-electron chi connectivity index (χ3n) is 6.32. The number of ether oxygens (including phenoxy) is 2. The lowest BCUT2D eigenvalue weighted by atomic mass is 9.78. The van der Waals surface area contributed by atoms with Crippen LogP contribution in [0.3, 0.4) is 0 Å². The van der Waals surface area contributed by atoms with E-state index in [9.17, 15) is 4.79 Å². The molecule has 5 heteroatoms. The van der Waals surface area contributed by atoms with E-state index in [1.807, 2.05) is 66.7 Å². The number of Topliss-reactive ketones (excluding diaryl/α,β-unsaturated/α-hetero) is 1. The topological polar surface area (TPSA) is 59.6 Å². The van der Waals surface area contributed by atoms with Gasteiger partial charge in [0.15, 0.2) is 5.78 Å². The molecule has 3 aromatic rings. The minimum atomic E-state index is -0.295. The number of ketones is 1. The highest BCUT2D eigenvalue weighted by atomic mass is 16.5. The first-order valence-corrected chi connectivity index (χ1v) is 10.8. The molecule has 2 unspecified atom stereocenters. The summed E-state index contributed by atoms with van der Waals surface area (Å²) in [6, 6.07) is 23.7. The first-order valence-electron chi connectivity index (χ1n) is 10.8. The summed E-state index contributed by atoms with van der Waals surface area (Å²) in [5.74, 6) is 1.80. The monoisotopic (exact) mass is 426 g/mol. The molecule has 1 aliphatic carbocycles. The van der Waals surface area contributed by atoms with Crippen LogP contribution in [0.5, 0.6) is 11.5 Å². The summed E-state index contributed by atoms with van der Waals surface area (Å²) in [5, 5.41) is 7.19. The molecule has 32 heavy (non-hydrogen) atoms. The Morgan fingerprint density at radius 2 is 1.62 bits per heavy atom. The molecule has 5 nitrogen and oxygen atoms in total. The fraction of sp³-hybridized carbons (Fsp3) is 0.222. The van der Waals surface area contributed by atoms with E-state index < -0.39 is 0 Å². The van der Waals surface area contributed by atoms with Crippen LogP contribution in [0.1, 0.15) is 35.9 Å². The summed E-state index contributed by atoms with van der Waals surface area (Å²) in [7, 11) is 3.33. The Morgan fingerprint density at radius 1 is 0.844 bits per heavy atom. The molecule has 2 atom stereocenters. The summed E-state index contributed by atoms with van der Waals surface area (Å²) >= 11 is 0. The highest BCUT2D eigenvalue weighted by Gasteiger charge is 2.37. The van der Waals surface area contributed by atoms with Crippen LogP contribution in [0, 0.1) is 0 Å². The SMILES string of the molecule is COc1cccc(C2CC(=O)C3=C(C2)Nc2ccccc2NC3c2ccccc2OC)c1. The van der Waals surface area contributed by atoms with Gasteiger partial charge in [-0.3, -0.25) is 4.79 Å². The van der Waals surface area contributed by atoms with E-state index in [1.165, 1.54) is 0 Å². The summed E-state index contributed by atoms with van der Waals surface area (Å²) in [4.78, 5) is 13.6. The molecule has 2 N–H and O–H groups in total. The first kappa shape index (κ1) is 20.2. The van der Waals surface area contributed by atoms with Gasteiger partial charge in [-0.25, -0.2) is 0 Å². The van der Waals surface area contributed by atoms with E-state index in [0.29, 0.717) is 6.42 Å². The number of methoxy groups -OCH3 is 2. The van der Waals surface area contributed by atoms with Gasteiger partial charge >= 0.3 is 0 Å². The number of nitrogens with one attached hydrogen (secondary N) is 2. The Hall–Kier alpha value is -3.73. The van der Waals surface area contributed by atoms with Crippen molar-refractivity contribution in [2.75, 3.05) is 24.9 Å². The van der Waals surface area contributed by atoms with Gasteiger partial charge in [0.25, 0.3) is 0 Å². The normalized spacial score (nSPS) is 19.8. The lowest BCUT2D eigenvalue weighted by Crippen LogP contribution is -2.27. The number of hydrogen-bond acceptors (Lipinski definition) is 5. The van der Waals surface area contributed by atoms with E-state index >= 15 is 0 Å². The van der Waals surface area contributed by atoms with Crippen LogP contribution >= 0.6 is 0 Å². The highest BCUT2D eigenvalue weighted by molar-refractivity contribution is 6.01. The number of hydrogen-bond donors (Lipinski definition) is 2. The lowest BCUT2D eigenvalue weighted by molar-refractivity contribution is -0.116. The lowest BCUT2D eigenvalue weighted by Gasteiger charge is -2.30. The molecule has 1 heterocycles. The summed E-state index contributed by atoms with van der Waals surface area (Å²) in [5.41, 5.74) is 5.74. The maximum absolute atomic E-state index is 13.6. The third kappa shape index (κ3) is 3.60. The van der Waals surface area contributed by atoms with Gasteiger partial charge in [-0.1, -0.05) is 42.5 Å². The standard InChI is InChI=1S/C27H26N2O3/c1-31-19-9-7-8-17(14-19)18-15-23-26(24(30)16-18)27(20-10-3-6-13-25(20)32-2)29-22-12-5-4-11-21(22)28-23/h3-14,18,27-29H,15-16H2,1-2H3. The predicted molar refractivity (Wildman–Crippen MR) is 126 cm³/mol. The van der Waals surface area contributed by atoms with Gasteiger partial charge in [-0.15, -0.1) is 0 Å². The van der Waals surface area contributed by atoms with Crippen LogP contribution in [0.2, 0.25) is 0 Å². The molecule has 0 amide bonds. The Kier molecular flexibility index (Phi) is 5.31. The van der Waals surface area contributed by atoms with Crippen molar-refractivity contribution < 1.29 is 14.3 Å². The molecule has 1 aliphatic heterocycles. The maximum atomic E-state index is 13.6. The van der Waals surface area contributed by atoms with Crippen LogP contribution in [0.25, 0.3) is 0 Å². The second-order valence-corrected chi connectivity index (χ2v) is 8.19. The molecule has 0 bridgehead atoms. The number of benzene rings is 3. The van der Waals surface area contributed by atoms with E-state index in [2.05, 4.69) is 16.7 Å². The summed E-state index contributed by atoms with van der Waals surface area (Å²) in [6.45, 7) is 0. The molecule has 0 spiro atoms. The highest BCUT2D eigenvalue weighted by Crippen LogP contribution is 2.45. The van der Waals surface area contributed by atoms with Crippen molar-refractivity contribution >= 4 is 17.2 Å². The van der Waals surface area contributed by atoms with Crippen LogP contribution in [-0.2, 0) is 4.79 Å². The van der Waals surface area contributed by atoms with E-state index in [-0.39, 0.29) is 17.7 Å². The second-order valence-electron chi connectivity index (χ2n) is 8.19. The molecule has 5 rings (SSSR count). The Bertz CT molecular complexity index is 1200. The smallest absolute Gasteiger partial charge is 0.163 e. The van der Waals surface area contributed by atoms with Gasteiger partial charge in [-0.05, 0) is 48.2 Å². The van der Waals surface area contributed by atoms with Crippen LogP contribution in [-0.4, -0.2) is 20.0 Å². The molecular formula is C27H26N2O3. The summed E-state index contributed by atoms with van der Waals surface area (Å²) < 4.78 is 11.1. The second kappa shape index (κ2) is 8.42. The van der Waals surface area contributed by atoms with Crippen LogP contribution < -0.4 is 20.1 Å². The van der Waals surface area contributed by atoms with E-state index in [1.54, 1.807) is 14.2 Å². The van der Waals surface area contributed by atoms with Crippen LogP contribution in [0.4, 0.5) is 11.4 Å². The number of rotatable bonds is 4. The largest absolute Gasteiger partial charge is 0.497 e. The Labute approximate surface area is 188 Å². The number of anilines is 2. The van der Waals surface area contributed by atoms with Crippen molar-refractivity contribution in [1.29, 1.82) is 0 Å². The van der Waals surface area contributed by atoms with Crippen molar-refractivity contribution in [3.63, 3.8) is 0 Å². The summed E-state index contributed by atoms with van der Waals surface area (Å²) in [6.07, 6.45) is 1.20. The average Bonchev–Trinajstić information content (AvgIpc) is 3.01. The van der Waals surface area contributed by atoms with Gasteiger partial charge in [0.1, 0.15) is 11.5 Å². The molecule has 0 saturated carbocycles. The first-order chi connectivity index (χ1) is 15.7. The van der Waals surface area contributed by atoms with Gasteiger partial charge < -0.3 is 20.1 Å². The van der Waals surface area contributed by atoms with Crippen LogP contribution in [0.15, 0.2) is 84.1 Å². The number of carbonyl (C=O) groups is 1. The van der Waals surface area contributed by atoms with Crippen molar-refractivity contribution in [1.82, 2.24) is 0 Å². The fourth-order valence-corrected chi connectivity index (χ4v) is 4.76. The molecule has 0 aromatic heterocycles. The number of carbonyl (C=O) groups excluding carboxylic acids is 1. The molecule has 2 aliphatic rings. The number of para-hydroxylation sites is 3. The quantitative estimate of drug-likeness (QED) is 0.562. The molecule has 162 valence electrons. The van der Waals surface area contributed by atoms with E-state index in [4.69, 9.17) is 9.47 Å². The van der Waals surface area contributed by atoms with Crippen molar-refractivity contribution in [3.05, 3.63) is 95.2 Å². The zero-order valence-corrected chi connectivity index (χ0v) is 18.2. The Morgan fingerprint density at radius 3 is 2.44 bits per heavy atom. The fourth-order valence-electron chi connectivity index (χ4n) is 4.76.